The van der Waals surface area contributed by atoms with Gasteiger partial charge in [-0.3, -0.25) is 4.79 Å². The Bertz CT molecular complexity index is 1420. The molecule has 0 N–H and O–H groups in total. The molecule has 0 saturated carbocycles. The second-order valence-corrected chi connectivity index (χ2v) is 6.84. The van der Waals surface area contributed by atoms with Crippen LogP contribution < -0.4 is 5.56 Å². The average Bonchev–Trinajstić information content (AvgIpc) is 3.38. The largest absolute Gasteiger partial charge is 0.337 e. The maximum Gasteiger partial charge on any atom is 0.293 e. The number of rotatable bonds is 4. The number of hydrogen-bond donors (Lipinski definition) is 0. The van der Waals surface area contributed by atoms with Crippen LogP contribution in [0.5, 0.6) is 0 Å². The molecule has 148 valence electrons. The summed E-state index contributed by atoms with van der Waals surface area (Å²) in [5.41, 5.74) is 3.15. The first-order valence-corrected chi connectivity index (χ1v) is 9.18. The van der Waals surface area contributed by atoms with Crippen molar-refractivity contribution in [3.05, 3.63) is 88.5 Å². The molecule has 0 saturated heterocycles. The molecule has 0 spiro atoms. The van der Waals surface area contributed by atoms with Crippen LogP contribution in [0.25, 0.3) is 28.2 Å². The molecule has 0 radical (unpaired) electrons. The first kappa shape index (κ1) is 17.9. The topological polar surface area (TPSA) is 91.1 Å². The van der Waals surface area contributed by atoms with Gasteiger partial charge in [0.05, 0.1) is 5.69 Å². The van der Waals surface area contributed by atoms with Gasteiger partial charge in [0.15, 0.2) is 0 Å². The average molecular weight is 402 g/mol. The number of benzene rings is 2. The van der Waals surface area contributed by atoms with Crippen molar-refractivity contribution in [3.63, 3.8) is 0 Å². The maximum absolute atomic E-state index is 13.2. The van der Waals surface area contributed by atoms with Gasteiger partial charge in [-0.05, 0) is 43.3 Å². The van der Waals surface area contributed by atoms with Crippen molar-refractivity contribution in [3.8, 4) is 22.6 Å². The Morgan fingerprint density at radius 3 is 2.70 bits per heavy atom. The lowest BCUT2D eigenvalue weighted by molar-refractivity contribution is 0.362. The van der Waals surface area contributed by atoms with E-state index in [0.717, 1.165) is 11.1 Å². The van der Waals surface area contributed by atoms with Crippen molar-refractivity contribution in [2.75, 3.05) is 0 Å². The highest BCUT2D eigenvalue weighted by molar-refractivity contribution is 5.65. The van der Waals surface area contributed by atoms with Crippen molar-refractivity contribution in [1.29, 1.82) is 0 Å². The number of aryl methyl sites for hydroxylation is 1. The summed E-state index contributed by atoms with van der Waals surface area (Å²) < 4.78 is 21.1. The van der Waals surface area contributed by atoms with E-state index in [4.69, 9.17) is 4.52 Å². The van der Waals surface area contributed by atoms with Gasteiger partial charge < -0.3 is 4.52 Å². The Balaban J connectivity index is 1.46. The standard InChI is InChI=1S/C21H15FN6O2/c1-13-3-2-4-15(9-13)20-24-19(30-26-20)11-27-21(29)18-10-17(25-28(18)12-23-27)14-5-7-16(22)8-6-14/h2-10,12H,11H2,1H3. The van der Waals surface area contributed by atoms with Gasteiger partial charge in [-0.2, -0.15) is 15.2 Å². The molecule has 8 nitrogen and oxygen atoms in total. The minimum atomic E-state index is -0.353. The molecular formula is C21H15FN6O2. The van der Waals surface area contributed by atoms with E-state index in [9.17, 15) is 9.18 Å². The molecule has 0 fully saturated rings. The molecule has 9 heteroatoms. The van der Waals surface area contributed by atoms with Crippen molar-refractivity contribution >= 4 is 5.52 Å². The van der Waals surface area contributed by atoms with Crippen molar-refractivity contribution in [2.45, 2.75) is 13.5 Å². The summed E-state index contributed by atoms with van der Waals surface area (Å²) in [6.07, 6.45) is 1.43. The van der Waals surface area contributed by atoms with Crippen LogP contribution >= 0.6 is 0 Å². The molecule has 0 aliphatic rings. The quantitative estimate of drug-likeness (QED) is 0.459. The van der Waals surface area contributed by atoms with Crippen molar-refractivity contribution < 1.29 is 8.91 Å². The Morgan fingerprint density at radius 2 is 1.90 bits per heavy atom. The predicted octanol–water partition coefficient (Wildman–Crippen LogP) is 3.10. The van der Waals surface area contributed by atoms with Gasteiger partial charge >= 0.3 is 0 Å². The van der Waals surface area contributed by atoms with E-state index in [1.807, 2.05) is 31.2 Å². The van der Waals surface area contributed by atoms with Gasteiger partial charge in [-0.25, -0.2) is 13.6 Å². The minimum Gasteiger partial charge on any atom is -0.337 e. The zero-order valence-corrected chi connectivity index (χ0v) is 15.9. The first-order valence-electron chi connectivity index (χ1n) is 9.18. The molecule has 0 bridgehead atoms. The van der Waals surface area contributed by atoms with Gasteiger partial charge in [0.2, 0.25) is 11.7 Å². The minimum absolute atomic E-state index is 0.0329. The molecule has 0 amide bonds. The number of aromatic nitrogens is 6. The van der Waals surface area contributed by atoms with Crippen LogP contribution in [0.1, 0.15) is 11.5 Å². The highest BCUT2D eigenvalue weighted by Gasteiger charge is 2.14. The summed E-state index contributed by atoms with van der Waals surface area (Å²) in [5, 5.41) is 12.5. The van der Waals surface area contributed by atoms with Crippen molar-refractivity contribution in [2.24, 2.45) is 0 Å². The fourth-order valence-corrected chi connectivity index (χ4v) is 3.16. The molecular weight excluding hydrogens is 387 g/mol. The van der Waals surface area contributed by atoms with Crippen LogP contribution in [0.4, 0.5) is 4.39 Å². The summed E-state index contributed by atoms with van der Waals surface area (Å²) in [4.78, 5) is 17.2. The zero-order valence-electron chi connectivity index (χ0n) is 15.9. The zero-order chi connectivity index (χ0) is 20.7. The van der Waals surface area contributed by atoms with Crippen LogP contribution in [-0.4, -0.2) is 29.5 Å². The molecule has 0 unspecified atom stereocenters. The van der Waals surface area contributed by atoms with E-state index < -0.39 is 0 Å². The normalized spacial score (nSPS) is 11.3. The molecule has 0 aliphatic heterocycles. The van der Waals surface area contributed by atoms with E-state index >= 15 is 0 Å². The summed E-state index contributed by atoms with van der Waals surface area (Å²) in [6, 6.07) is 15.3. The monoisotopic (exact) mass is 402 g/mol. The Labute approximate surface area is 169 Å². The third-order valence-electron chi connectivity index (χ3n) is 4.66. The van der Waals surface area contributed by atoms with Gasteiger partial charge in [-0.15, -0.1) is 0 Å². The third-order valence-corrected chi connectivity index (χ3v) is 4.66. The van der Waals surface area contributed by atoms with Crippen molar-refractivity contribution in [1.82, 2.24) is 29.5 Å². The van der Waals surface area contributed by atoms with E-state index in [1.165, 1.54) is 27.7 Å². The SMILES string of the molecule is Cc1cccc(-c2noc(Cn3ncn4nc(-c5ccc(F)cc5)cc4c3=O)n2)c1. The molecule has 5 aromatic rings. The lowest BCUT2D eigenvalue weighted by atomic mass is 10.1. The van der Waals surface area contributed by atoms with Crippen LogP contribution in [0.15, 0.2) is 70.2 Å². The summed E-state index contributed by atoms with van der Waals surface area (Å²) in [5.74, 6) is 0.380. The Morgan fingerprint density at radius 1 is 1.07 bits per heavy atom. The lowest BCUT2D eigenvalue weighted by Crippen LogP contribution is -2.25. The smallest absolute Gasteiger partial charge is 0.293 e. The fraction of sp³-hybridized carbons (Fsp3) is 0.0952. The molecule has 5 rings (SSSR count). The number of fused-ring (bicyclic) bond motifs is 1. The Hall–Kier alpha value is -4.14. The van der Waals surface area contributed by atoms with Crippen LogP contribution in [-0.2, 0) is 6.54 Å². The van der Waals surface area contributed by atoms with E-state index in [0.29, 0.717) is 22.6 Å². The summed E-state index contributed by atoms with van der Waals surface area (Å²) >= 11 is 0. The van der Waals surface area contributed by atoms with E-state index in [-0.39, 0.29) is 23.8 Å². The highest BCUT2D eigenvalue weighted by Crippen LogP contribution is 2.19. The Kier molecular flexibility index (Phi) is 4.20. The fourth-order valence-electron chi connectivity index (χ4n) is 3.16. The van der Waals surface area contributed by atoms with Crippen LogP contribution in [0.3, 0.4) is 0 Å². The molecule has 0 atom stereocenters. The highest BCUT2D eigenvalue weighted by atomic mass is 19.1. The second kappa shape index (κ2) is 7.03. The van der Waals surface area contributed by atoms with Gasteiger partial charge in [0, 0.05) is 11.1 Å². The number of halogens is 1. The second-order valence-electron chi connectivity index (χ2n) is 6.84. The lowest BCUT2D eigenvalue weighted by Gasteiger charge is -2.00. The predicted molar refractivity (Wildman–Crippen MR) is 106 cm³/mol. The van der Waals surface area contributed by atoms with E-state index in [1.54, 1.807) is 18.2 Å². The molecule has 3 heterocycles. The van der Waals surface area contributed by atoms with Gasteiger partial charge in [0.25, 0.3) is 5.56 Å². The third kappa shape index (κ3) is 3.26. The summed E-state index contributed by atoms with van der Waals surface area (Å²) in [7, 11) is 0. The number of nitrogens with zero attached hydrogens (tertiary/aromatic N) is 6. The molecule has 0 aliphatic carbocycles. The summed E-state index contributed by atoms with van der Waals surface area (Å²) in [6.45, 7) is 2.01. The number of hydrogen-bond acceptors (Lipinski definition) is 6. The van der Waals surface area contributed by atoms with E-state index in [2.05, 4.69) is 20.3 Å². The first-order chi connectivity index (χ1) is 14.6. The molecule has 30 heavy (non-hydrogen) atoms. The van der Waals surface area contributed by atoms with Crippen LogP contribution in [0.2, 0.25) is 0 Å². The molecule has 3 aromatic heterocycles. The maximum atomic E-state index is 13.2. The van der Waals surface area contributed by atoms with Gasteiger partial charge in [0.1, 0.15) is 24.2 Å². The molecule has 2 aromatic carbocycles. The van der Waals surface area contributed by atoms with Crippen LogP contribution in [0, 0.1) is 12.7 Å². The van der Waals surface area contributed by atoms with Gasteiger partial charge in [-0.1, -0.05) is 28.9 Å².